The van der Waals surface area contributed by atoms with E-state index in [4.69, 9.17) is 11.6 Å². The Morgan fingerprint density at radius 2 is 1.91 bits per heavy atom. The number of hydrogen-bond acceptors (Lipinski definition) is 3. The third kappa shape index (κ3) is 3.83. The van der Waals surface area contributed by atoms with Gasteiger partial charge in [-0.25, -0.2) is 0 Å². The maximum atomic E-state index is 12.2. The first-order valence-electron chi connectivity index (χ1n) is 6.85. The summed E-state index contributed by atoms with van der Waals surface area (Å²) in [5, 5.41) is 13.9. The average molecular weight is 319 g/mol. The van der Waals surface area contributed by atoms with Crippen LogP contribution in [0.5, 0.6) is 0 Å². The molecule has 2 aromatic rings. The third-order valence-corrected chi connectivity index (χ3v) is 3.39. The third-order valence-electron chi connectivity index (χ3n) is 3.15. The molecule has 0 aromatic heterocycles. The van der Waals surface area contributed by atoms with Gasteiger partial charge < -0.3 is 5.32 Å². The van der Waals surface area contributed by atoms with Crippen molar-refractivity contribution in [2.45, 2.75) is 19.8 Å². The molecular weight excluding hydrogens is 304 g/mol. The number of aryl methyl sites for hydroxylation is 1. The SMILES string of the molecule is CCCc1ccc(NC(=O)c2ccc(Cl)cc2[N+](=O)[O-])cc1. The zero-order valence-corrected chi connectivity index (χ0v) is 12.8. The highest BCUT2D eigenvalue weighted by atomic mass is 35.5. The van der Waals surface area contributed by atoms with Gasteiger partial charge in [0.05, 0.1) is 4.92 Å². The lowest BCUT2D eigenvalue weighted by Crippen LogP contribution is -2.13. The van der Waals surface area contributed by atoms with E-state index in [1.54, 1.807) is 12.1 Å². The van der Waals surface area contributed by atoms with Gasteiger partial charge in [-0.15, -0.1) is 0 Å². The molecule has 22 heavy (non-hydrogen) atoms. The van der Waals surface area contributed by atoms with Crippen LogP contribution in [0.15, 0.2) is 42.5 Å². The van der Waals surface area contributed by atoms with E-state index < -0.39 is 10.8 Å². The fourth-order valence-corrected chi connectivity index (χ4v) is 2.26. The molecule has 0 atom stereocenters. The number of halogens is 1. The fraction of sp³-hybridized carbons (Fsp3) is 0.188. The Morgan fingerprint density at radius 1 is 1.23 bits per heavy atom. The van der Waals surface area contributed by atoms with Gasteiger partial charge in [0.1, 0.15) is 5.56 Å². The summed E-state index contributed by atoms with van der Waals surface area (Å²) in [5.41, 5.74) is 1.44. The van der Waals surface area contributed by atoms with Crippen LogP contribution in [-0.2, 0) is 6.42 Å². The highest BCUT2D eigenvalue weighted by Gasteiger charge is 2.20. The molecule has 0 saturated heterocycles. The normalized spacial score (nSPS) is 10.3. The molecule has 0 aliphatic heterocycles. The first-order valence-corrected chi connectivity index (χ1v) is 7.23. The molecule has 1 N–H and O–H groups in total. The van der Waals surface area contributed by atoms with Crippen LogP contribution in [0.25, 0.3) is 0 Å². The van der Waals surface area contributed by atoms with Gasteiger partial charge in [0.15, 0.2) is 0 Å². The highest BCUT2D eigenvalue weighted by Crippen LogP contribution is 2.24. The molecule has 2 aromatic carbocycles. The molecule has 0 aliphatic rings. The molecule has 0 unspecified atom stereocenters. The van der Waals surface area contributed by atoms with Crippen molar-refractivity contribution in [1.82, 2.24) is 0 Å². The summed E-state index contributed by atoms with van der Waals surface area (Å²) >= 11 is 5.74. The summed E-state index contributed by atoms with van der Waals surface area (Å²) < 4.78 is 0. The van der Waals surface area contributed by atoms with Gasteiger partial charge in [0.25, 0.3) is 11.6 Å². The summed E-state index contributed by atoms with van der Waals surface area (Å²) in [6.45, 7) is 2.09. The zero-order chi connectivity index (χ0) is 16.1. The lowest BCUT2D eigenvalue weighted by Gasteiger charge is -2.07. The molecule has 0 spiro atoms. The van der Waals surface area contributed by atoms with Gasteiger partial charge >= 0.3 is 0 Å². The van der Waals surface area contributed by atoms with Crippen molar-refractivity contribution in [2.75, 3.05) is 5.32 Å². The molecular formula is C16H15ClN2O3. The molecule has 5 nitrogen and oxygen atoms in total. The van der Waals surface area contributed by atoms with Gasteiger partial charge in [-0.1, -0.05) is 37.1 Å². The van der Waals surface area contributed by atoms with Gasteiger partial charge in [-0.2, -0.15) is 0 Å². The second-order valence-electron chi connectivity index (χ2n) is 4.82. The van der Waals surface area contributed by atoms with Gasteiger partial charge in [-0.05, 0) is 36.2 Å². The second-order valence-corrected chi connectivity index (χ2v) is 5.26. The summed E-state index contributed by atoms with van der Waals surface area (Å²) in [6, 6.07) is 11.4. The van der Waals surface area contributed by atoms with Crippen LogP contribution in [0.2, 0.25) is 5.02 Å². The highest BCUT2D eigenvalue weighted by molar-refractivity contribution is 6.31. The van der Waals surface area contributed by atoms with Gasteiger partial charge in [-0.3, -0.25) is 14.9 Å². The van der Waals surface area contributed by atoms with Crippen molar-refractivity contribution >= 4 is 28.9 Å². The number of benzene rings is 2. The van der Waals surface area contributed by atoms with Crippen molar-refractivity contribution in [1.29, 1.82) is 0 Å². The van der Waals surface area contributed by atoms with Crippen molar-refractivity contribution in [3.63, 3.8) is 0 Å². The van der Waals surface area contributed by atoms with E-state index >= 15 is 0 Å². The topological polar surface area (TPSA) is 72.2 Å². The number of nitro groups is 1. The standard InChI is InChI=1S/C16H15ClN2O3/c1-2-3-11-4-7-13(8-5-11)18-16(20)14-9-6-12(17)10-15(14)19(21)22/h4-10H,2-3H2,1H3,(H,18,20). The van der Waals surface area contributed by atoms with Crippen molar-refractivity contribution in [3.8, 4) is 0 Å². The molecule has 1 amide bonds. The number of carbonyl (C=O) groups is 1. The Labute approximate surface area is 133 Å². The Bertz CT molecular complexity index is 699. The van der Waals surface area contributed by atoms with E-state index in [9.17, 15) is 14.9 Å². The quantitative estimate of drug-likeness (QED) is 0.653. The smallest absolute Gasteiger partial charge is 0.283 e. The summed E-state index contributed by atoms with van der Waals surface area (Å²) in [5.74, 6) is -0.536. The lowest BCUT2D eigenvalue weighted by atomic mass is 10.1. The van der Waals surface area contributed by atoms with Crippen LogP contribution in [0.1, 0.15) is 29.3 Å². The van der Waals surface area contributed by atoms with Crippen LogP contribution in [0.3, 0.4) is 0 Å². The van der Waals surface area contributed by atoms with E-state index in [2.05, 4.69) is 12.2 Å². The number of nitrogens with one attached hydrogen (secondary N) is 1. The Hall–Kier alpha value is -2.40. The molecule has 2 rings (SSSR count). The van der Waals surface area contributed by atoms with E-state index in [0.717, 1.165) is 12.8 Å². The Balaban J connectivity index is 2.20. The van der Waals surface area contributed by atoms with E-state index in [1.807, 2.05) is 12.1 Å². The molecule has 0 fully saturated rings. The number of rotatable bonds is 5. The average Bonchev–Trinajstić information content (AvgIpc) is 2.49. The number of hydrogen-bond donors (Lipinski definition) is 1. The molecule has 0 saturated carbocycles. The number of carbonyl (C=O) groups excluding carboxylic acids is 1. The van der Waals surface area contributed by atoms with Crippen LogP contribution in [-0.4, -0.2) is 10.8 Å². The molecule has 0 aliphatic carbocycles. The fourth-order valence-electron chi connectivity index (χ4n) is 2.09. The second kappa shape index (κ2) is 7.04. The molecule has 0 radical (unpaired) electrons. The Kier molecular flexibility index (Phi) is 5.12. The minimum Gasteiger partial charge on any atom is -0.322 e. The molecule has 114 valence electrons. The van der Waals surface area contributed by atoms with E-state index in [0.29, 0.717) is 5.69 Å². The maximum absolute atomic E-state index is 12.2. The number of nitrogens with zero attached hydrogens (tertiary/aromatic N) is 1. The first kappa shape index (κ1) is 16.0. The predicted molar refractivity (Wildman–Crippen MR) is 86.5 cm³/mol. The Morgan fingerprint density at radius 3 is 2.50 bits per heavy atom. The zero-order valence-electron chi connectivity index (χ0n) is 12.0. The van der Waals surface area contributed by atoms with Crippen LogP contribution < -0.4 is 5.32 Å². The maximum Gasteiger partial charge on any atom is 0.283 e. The van der Waals surface area contributed by atoms with E-state index in [1.165, 1.54) is 23.8 Å². The van der Waals surface area contributed by atoms with Crippen molar-refractivity contribution in [3.05, 3.63) is 68.7 Å². The summed E-state index contributed by atoms with van der Waals surface area (Å²) in [6.07, 6.45) is 2.01. The van der Waals surface area contributed by atoms with Crippen molar-refractivity contribution < 1.29 is 9.72 Å². The minimum absolute atomic E-state index is 0.0213. The van der Waals surface area contributed by atoms with Crippen molar-refractivity contribution in [2.24, 2.45) is 0 Å². The van der Waals surface area contributed by atoms with E-state index in [-0.39, 0.29) is 16.3 Å². The van der Waals surface area contributed by atoms with Gasteiger partial charge in [0, 0.05) is 16.8 Å². The molecule has 0 bridgehead atoms. The molecule has 0 heterocycles. The van der Waals surface area contributed by atoms with Crippen LogP contribution >= 0.6 is 11.6 Å². The predicted octanol–water partition coefficient (Wildman–Crippen LogP) is 4.45. The monoisotopic (exact) mass is 318 g/mol. The molecule has 6 heteroatoms. The first-order chi connectivity index (χ1) is 10.5. The van der Waals surface area contributed by atoms with Crippen LogP contribution in [0.4, 0.5) is 11.4 Å². The summed E-state index contributed by atoms with van der Waals surface area (Å²) in [7, 11) is 0. The summed E-state index contributed by atoms with van der Waals surface area (Å²) in [4.78, 5) is 22.6. The van der Waals surface area contributed by atoms with Crippen LogP contribution in [0, 0.1) is 10.1 Å². The number of anilines is 1. The number of nitro benzene ring substituents is 1. The van der Waals surface area contributed by atoms with Gasteiger partial charge in [0.2, 0.25) is 0 Å². The largest absolute Gasteiger partial charge is 0.322 e. The number of amides is 1. The lowest BCUT2D eigenvalue weighted by molar-refractivity contribution is -0.385. The minimum atomic E-state index is -0.620.